The number of ether oxygens (including phenoxy) is 1. The first-order valence-corrected chi connectivity index (χ1v) is 14.9. The van der Waals surface area contributed by atoms with Gasteiger partial charge in [0, 0.05) is 83.1 Å². The molecule has 0 saturated carbocycles. The summed E-state index contributed by atoms with van der Waals surface area (Å²) in [4.78, 5) is 18.4. The van der Waals surface area contributed by atoms with Crippen LogP contribution in [0.15, 0.2) is 132 Å². The fourth-order valence-corrected chi connectivity index (χ4v) is 5.68. The molecular weight excluding hydrogens is 638 g/mol. The summed E-state index contributed by atoms with van der Waals surface area (Å²) in [6.07, 6.45) is 6.77. The van der Waals surface area contributed by atoms with Crippen LogP contribution in [0.25, 0.3) is 22.5 Å². The molecular formula is C39H30N4O3Zn. The number of phenolic OH excluding ortho intramolecular Hbond substituents is 2. The molecule has 0 spiro atoms. The summed E-state index contributed by atoms with van der Waals surface area (Å²) in [5, 5.41) is 21.2. The first-order valence-electron chi connectivity index (χ1n) is 14.9. The number of pyridine rings is 2. The van der Waals surface area contributed by atoms with Crippen LogP contribution in [0.3, 0.4) is 0 Å². The van der Waals surface area contributed by atoms with Gasteiger partial charge in [-0.05, 0) is 72.8 Å². The van der Waals surface area contributed by atoms with Gasteiger partial charge in [0.15, 0.2) is 11.5 Å². The van der Waals surface area contributed by atoms with Gasteiger partial charge < -0.3 is 14.9 Å². The van der Waals surface area contributed by atoms with Crippen LogP contribution in [0, 0.1) is 0 Å². The minimum Gasteiger partial charge on any atom is -0.507 e. The van der Waals surface area contributed by atoms with E-state index in [1.165, 1.54) is 0 Å². The van der Waals surface area contributed by atoms with Crippen LogP contribution >= 0.6 is 0 Å². The molecule has 6 aromatic rings. The Morgan fingerprint density at radius 1 is 0.596 bits per heavy atom. The molecule has 0 amide bonds. The van der Waals surface area contributed by atoms with Crippen LogP contribution in [0.1, 0.15) is 36.1 Å². The summed E-state index contributed by atoms with van der Waals surface area (Å²) in [5.41, 5.74) is 7.30. The molecule has 4 aromatic carbocycles. The Morgan fingerprint density at radius 2 is 1.06 bits per heavy atom. The second-order valence-corrected chi connectivity index (χ2v) is 11.5. The van der Waals surface area contributed by atoms with E-state index in [1.807, 2.05) is 97.1 Å². The zero-order valence-electron chi connectivity index (χ0n) is 26.0. The molecule has 47 heavy (non-hydrogen) atoms. The number of benzene rings is 4. The Morgan fingerprint density at radius 3 is 1.49 bits per heavy atom. The van der Waals surface area contributed by atoms with Gasteiger partial charge in [-0.3, -0.25) is 20.0 Å². The van der Waals surface area contributed by atoms with Gasteiger partial charge in [0.2, 0.25) is 0 Å². The molecule has 2 aromatic heterocycles. The third kappa shape index (κ3) is 6.20. The van der Waals surface area contributed by atoms with E-state index in [9.17, 15) is 10.2 Å². The van der Waals surface area contributed by atoms with Gasteiger partial charge >= 0.3 is 0 Å². The average molecular weight is 668 g/mol. The molecule has 3 heterocycles. The number of aliphatic imine (C=N–C) groups is 2. The predicted molar refractivity (Wildman–Crippen MR) is 182 cm³/mol. The molecule has 0 bridgehead atoms. The van der Waals surface area contributed by atoms with Gasteiger partial charge in [-0.2, -0.15) is 0 Å². The summed E-state index contributed by atoms with van der Waals surface area (Å²) in [5.74, 6) is 1.48. The van der Waals surface area contributed by atoms with Crippen LogP contribution in [-0.2, 0) is 24.9 Å². The van der Waals surface area contributed by atoms with E-state index < -0.39 is 5.41 Å². The number of rotatable bonds is 6. The maximum absolute atomic E-state index is 10.6. The molecule has 0 fully saturated rings. The third-order valence-corrected chi connectivity index (χ3v) is 8.20. The predicted octanol–water partition coefficient (Wildman–Crippen LogP) is 9.15. The summed E-state index contributed by atoms with van der Waals surface area (Å²) in [7, 11) is 0. The Balaban J connectivity index is 0.00000386. The number of phenols is 2. The van der Waals surface area contributed by atoms with Gasteiger partial charge in [0.25, 0.3) is 0 Å². The van der Waals surface area contributed by atoms with E-state index in [-0.39, 0.29) is 31.0 Å². The fourth-order valence-electron chi connectivity index (χ4n) is 5.68. The Bertz CT molecular complexity index is 1980. The van der Waals surface area contributed by atoms with Gasteiger partial charge in [0.1, 0.15) is 22.9 Å². The summed E-state index contributed by atoms with van der Waals surface area (Å²) >= 11 is 0. The maximum Gasteiger partial charge on any atom is 0.157 e. The van der Waals surface area contributed by atoms with Gasteiger partial charge in [-0.15, -0.1) is 0 Å². The van der Waals surface area contributed by atoms with Crippen molar-refractivity contribution in [1.29, 1.82) is 0 Å². The van der Waals surface area contributed by atoms with Crippen LogP contribution < -0.4 is 4.74 Å². The Labute approximate surface area is 285 Å². The number of hydrogen-bond acceptors (Lipinski definition) is 7. The third-order valence-electron chi connectivity index (χ3n) is 8.20. The first kappa shape index (κ1) is 31.5. The minimum absolute atomic E-state index is 0. The largest absolute Gasteiger partial charge is 0.507 e. The zero-order chi connectivity index (χ0) is 31.7. The van der Waals surface area contributed by atoms with Crippen LogP contribution in [0.2, 0.25) is 0 Å². The number of para-hydroxylation sites is 2. The monoisotopic (exact) mass is 666 g/mol. The van der Waals surface area contributed by atoms with Crippen molar-refractivity contribution in [3.8, 4) is 45.5 Å². The molecule has 0 aliphatic carbocycles. The van der Waals surface area contributed by atoms with Gasteiger partial charge in [0.05, 0.1) is 11.4 Å². The molecule has 0 saturated heterocycles. The summed E-state index contributed by atoms with van der Waals surface area (Å²) < 4.78 is 6.63. The summed E-state index contributed by atoms with van der Waals surface area (Å²) in [6, 6.07) is 33.9. The van der Waals surface area contributed by atoms with Crippen LogP contribution in [0.5, 0.6) is 23.0 Å². The number of hydrogen-bond donors (Lipinski definition) is 2. The quantitative estimate of drug-likeness (QED) is 0.136. The molecule has 1 aliphatic rings. The second kappa shape index (κ2) is 13.1. The number of fused-ring (bicyclic) bond motifs is 2. The molecule has 0 radical (unpaired) electrons. The molecule has 2 N–H and O–H groups in total. The van der Waals surface area contributed by atoms with Crippen LogP contribution in [-0.4, -0.2) is 32.6 Å². The minimum atomic E-state index is -0.415. The number of aromatic hydroxyl groups is 2. The van der Waals surface area contributed by atoms with Crippen molar-refractivity contribution >= 4 is 23.8 Å². The number of nitrogens with zero attached hydrogens (tertiary/aromatic N) is 4. The van der Waals surface area contributed by atoms with Crippen molar-refractivity contribution in [2.75, 3.05) is 0 Å². The van der Waals surface area contributed by atoms with Crippen molar-refractivity contribution < 1.29 is 34.4 Å². The van der Waals surface area contributed by atoms with Gasteiger partial charge in [-0.25, -0.2) is 0 Å². The SMILES string of the molecule is CC1(C)c2cccc(N=Cc3cc(-c4ccccn4)ccc3O)c2Oc2c(N=Cc3cc(-c4ccccn4)ccc3O)cccc21.[Zn]. The van der Waals surface area contributed by atoms with E-state index >= 15 is 0 Å². The molecule has 0 unspecified atom stereocenters. The van der Waals surface area contributed by atoms with E-state index in [0.717, 1.165) is 33.6 Å². The number of aromatic nitrogens is 2. The Hall–Kier alpha value is -5.46. The molecule has 8 heteroatoms. The van der Waals surface area contributed by atoms with Crippen molar-refractivity contribution in [2.45, 2.75) is 19.3 Å². The topological polar surface area (TPSA) is 100 Å². The van der Waals surface area contributed by atoms with Crippen molar-refractivity contribution in [3.63, 3.8) is 0 Å². The molecule has 7 rings (SSSR count). The fraction of sp³-hybridized carbons (Fsp3) is 0.0769. The smallest absolute Gasteiger partial charge is 0.157 e. The summed E-state index contributed by atoms with van der Waals surface area (Å²) in [6.45, 7) is 4.30. The second-order valence-electron chi connectivity index (χ2n) is 11.5. The molecule has 7 nitrogen and oxygen atoms in total. The molecule has 226 valence electrons. The van der Waals surface area contributed by atoms with E-state index in [1.54, 1.807) is 37.0 Å². The van der Waals surface area contributed by atoms with E-state index in [2.05, 4.69) is 23.8 Å². The average Bonchev–Trinajstić information content (AvgIpc) is 3.08. The maximum atomic E-state index is 10.6. The van der Waals surface area contributed by atoms with Crippen molar-refractivity contribution in [3.05, 3.63) is 144 Å². The van der Waals surface area contributed by atoms with E-state index in [0.29, 0.717) is 34.0 Å². The van der Waals surface area contributed by atoms with Crippen LogP contribution in [0.4, 0.5) is 11.4 Å². The Kier molecular flexibility index (Phi) is 8.79. The standard InChI is InChI=1S/C39H30N4O3.Zn/c1-39(2)29-9-7-13-33(42-23-27-21-25(15-17-35(27)44)31-11-3-5-19-40-31)37(29)46-38-30(39)10-8-14-34(38)43-24-28-22-26(16-18-36(28)45)32-12-4-6-20-41-32;/h3-24,44-45H,1-2H3;. The van der Waals surface area contributed by atoms with E-state index in [4.69, 9.17) is 14.7 Å². The van der Waals surface area contributed by atoms with Crippen molar-refractivity contribution in [2.24, 2.45) is 9.98 Å². The zero-order valence-corrected chi connectivity index (χ0v) is 29.0. The van der Waals surface area contributed by atoms with Gasteiger partial charge in [-0.1, -0.05) is 50.2 Å². The molecule has 0 atom stereocenters. The normalized spacial score (nSPS) is 13.1. The first-order chi connectivity index (χ1) is 22.4. The van der Waals surface area contributed by atoms with Crippen molar-refractivity contribution in [1.82, 2.24) is 9.97 Å². The molecule has 1 aliphatic heterocycles.